The van der Waals surface area contributed by atoms with Gasteiger partial charge in [0.25, 0.3) is 0 Å². The summed E-state index contributed by atoms with van der Waals surface area (Å²) >= 11 is 0. The smallest absolute Gasteiger partial charge is 0.164 e. The predicted molar refractivity (Wildman–Crippen MR) is 73.5 cm³/mol. The van der Waals surface area contributed by atoms with Crippen molar-refractivity contribution in [1.29, 1.82) is 0 Å². The molecule has 2 rings (SSSR count). The maximum Gasteiger partial charge on any atom is 0.164 e. The zero-order chi connectivity index (χ0) is 13.4. The van der Waals surface area contributed by atoms with Gasteiger partial charge in [-0.3, -0.25) is 4.79 Å². The number of allylic oxidation sites excluding steroid dienone is 2. The molecular weight excluding hydrogens is 224 g/mol. The summed E-state index contributed by atoms with van der Waals surface area (Å²) in [6.45, 7) is 8.29. The third-order valence-electron chi connectivity index (χ3n) is 4.25. The summed E-state index contributed by atoms with van der Waals surface area (Å²) in [4.78, 5) is 12.7. The van der Waals surface area contributed by atoms with E-state index in [0.717, 1.165) is 31.3 Å². The number of hydrogen-bond acceptors (Lipinski definition) is 2. The van der Waals surface area contributed by atoms with Crippen LogP contribution in [0.2, 0.25) is 0 Å². The number of rotatable bonds is 2. The molecule has 1 atom stereocenters. The van der Waals surface area contributed by atoms with Crippen molar-refractivity contribution in [3.05, 3.63) is 11.6 Å². The maximum absolute atomic E-state index is 12.7. The van der Waals surface area contributed by atoms with E-state index in [1.807, 2.05) is 0 Å². The van der Waals surface area contributed by atoms with Crippen LogP contribution in [0.1, 0.15) is 66.2 Å². The summed E-state index contributed by atoms with van der Waals surface area (Å²) < 4.78 is 6.04. The Morgan fingerprint density at radius 2 is 1.94 bits per heavy atom. The molecule has 18 heavy (non-hydrogen) atoms. The Hall–Kier alpha value is -0.630. The second-order valence-corrected chi connectivity index (χ2v) is 6.91. The molecule has 0 aromatic carbocycles. The van der Waals surface area contributed by atoms with E-state index >= 15 is 0 Å². The fraction of sp³-hybridized carbons (Fsp3) is 0.812. The largest absolute Gasteiger partial charge is 0.369 e. The lowest BCUT2D eigenvalue weighted by Gasteiger charge is -2.27. The zero-order valence-corrected chi connectivity index (χ0v) is 12.2. The molecule has 0 saturated carbocycles. The van der Waals surface area contributed by atoms with Gasteiger partial charge in [-0.1, -0.05) is 12.5 Å². The molecule has 102 valence electrons. The van der Waals surface area contributed by atoms with Crippen molar-refractivity contribution in [3.63, 3.8) is 0 Å². The molecule has 2 heteroatoms. The molecule has 1 heterocycles. The molecule has 1 aliphatic heterocycles. The van der Waals surface area contributed by atoms with Gasteiger partial charge < -0.3 is 4.74 Å². The van der Waals surface area contributed by atoms with Gasteiger partial charge in [0.1, 0.15) is 0 Å². The molecule has 0 aromatic rings. The van der Waals surface area contributed by atoms with Crippen molar-refractivity contribution in [2.75, 3.05) is 0 Å². The van der Waals surface area contributed by atoms with Crippen molar-refractivity contribution in [2.24, 2.45) is 5.92 Å². The molecule has 0 aromatic heterocycles. The van der Waals surface area contributed by atoms with Crippen LogP contribution in [-0.4, -0.2) is 17.0 Å². The molecule has 0 spiro atoms. The Bertz CT molecular complexity index is 363. The third-order valence-corrected chi connectivity index (χ3v) is 4.25. The second kappa shape index (κ2) is 4.80. The van der Waals surface area contributed by atoms with Crippen LogP contribution < -0.4 is 0 Å². The van der Waals surface area contributed by atoms with E-state index in [1.165, 1.54) is 12.8 Å². The van der Waals surface area contributed by atoms with Gasteiger partial charge in [-0.2, -0.15) is 0 Å². The average molecular weight is 250 g/mol. The van der Waals surface area contributed by atoms with Gasteiger partial charge in [0, 0.05) is 0 Å². The zero-order valence-electron chi connectivity index (χ0n) is 12.2. The fourth-order valence-corrected chi connectivity index (χ4v) is 3.43. The SMILES string of the molecule is CC1(C)CC(C(=O)C2=CCCCCC2)C(C)(C)O1. The van der Waals surface area contributed by atoms with E-state index < -0.39 is 0 Å². The van der Waals surface area contributed by atoms with Crippen molar-refractivity contribution >= 4 is 5.78 Å². The van der Waals surface area contributed by atoms with Gasteiger partial charge >= 0.3 is 0 Å². The molecule has 1 fully saturated rings. The Balaban J connectivity index is 2.16. The van der Waals surface area contributed by atoms with E-state index in [9.17, 15) is 4.79 Å². The first-order chi connectivity index (χ1) is 8.32. The number of carbonyl (C=O) groups excluding carboxylic acids is 1. The monoisotopic (exact) mass is 250 g/mol. The van der Waals surface area contributed by atoms with Crippen LogP contribution >= 0.6 is 0 Å². The lowest BCUT2D eigenvalue weighted by molar-refractivity contribution is -0.125. The fourth-order valence-electron chi connectivity index (χ4n) is 3.43. The van der Waals surface area contributed by atoms with E-state index in [2.05, 4.69) is 33.8 Å². The minimum atomic E-state index is -0.326. The molecular formula is C16H26O2. The number of Topliss-reactive ketones (excluding diaryl/α,β-unsaturated/α-hetero) is 1. The Morgan fingerprint density at radius 1 is 1.22 bits per heavy atom. The Labute approximate surface area is 111 Å². The third kappa shape index (κ3) is 2.85. The van der Waals surface area contributed by atoms with Crippen molar-refractivity contribution < 1.29 is 9.53 Å². The standard InChI is InChI=1S/C16H26O2/c1-15(2)11-13(16(3,4)18-15)14(17)12-9-7-5-6-8-10-12/h9,13H,5-8,10-11H2,1-4H3. The van der Waals surface area contributed by atoms with E-state index in [0.29, 0.717) is 5.78 Å². The van der Waals surface area contributed by atoms with Crippen LogP contribution in [0.5, 0.6) is 0 Å². The number of ketones is 1. The van der Waals surface area contributed by atoms with Crippen molar-refractivity contribution in [1.82, 2.24) is 0 Å². The van der Waals surface area contributed by atoms with Crippen LogP contribution in [-0.2, 0) is 9.53 Å². The molecule has 1 saturated heterocycles. The first-order valence-electron chi connectivity index (χ1n) is 7.25. The first-order valence-corrected chi connectivity index (χ1v) is 7.25. The van der Waals surface area contributed by atoms with E-state index in [-0.39, 0.29) is 17.1 Å². The summed E-state index contributed by atoms with van der Waals surface area (Å²) in [7, 11) is 0. The van der Waals surface area contributed by atoms with E-state index in [1.54, 1.807) is 0 Å². The van der Waals surface area contributed by atoms with Crippen LogP contribution in [0.4, 0.5) is 0 Å². The van der Waals surface area contributed by atoms with Gasteiger partial charge in [0.15, 0.2) is 5.78 Å². The van der Waals surface area contributed by atoms with Crippen molar-refractivity contribution in [3.8, 4) is 0 Å². The van der Waals surface area contributed by atoms with Crippen LogP contribution in [0.15, 0.2) is 11.6 Å². The van der Waals surface area contributed by atoms with Gasteiger partial charge in [0.2, 0.25) is 0 Å². The average Bonchev–Trinajstić information content (AvgIpc) is 2.48. The summed E-state index contributed by atoms with van der Waals surface area (Å²) in [6, 6.07) is 0. The summed E-state index contributed by atoms with van der Waals surface area (Å²) in [6.07, 6.45) is 8.70. The normalized spacial score (nSPS) is 30.7. The predicted octanol–water partition coefficient (Wildman–Crippen LogP) is 4.04. The topological polar surface area (TPSA) is 26.3 Å². The number of carbonyl (C=O) groups is 1. The lowest BCUT2D eigenvalue weighted by Crippen LogP contribution is -2.34. The molecule has 0 amide bonds. The highest BCUT2D eigenvalue weighted by atomic mass is 16.5. The number of ether oxygens (including phenoxy) is 1. The summed E-state index contributed by atoms with van der Waals surface area (Å²) in [5, 5.41) is 0. The summed E-state index contributed by atoms with van der Waals surface area (Å²) in [5.41, 5.74) is 0.565. The molecule has 0 bridgehead atoms. The second-order valence-electron chi connectivity index (χ2n) is 6.91. The van der Waals surface area contributed by atoms with Gasteiger partial charge in [-0.15, -0.1) is 0 Å². The van der Waals surface area contributed by atoms with E-state index in [4.69, 9.17) is 4.74 Å². The van der Waals surface area contributed by atoms with Gasteiger partial charge in [-0.05, 0) is 65.4 Å². The highest BCUT2D eigenvalue weighted by Crippen LogP contribution is 2.43. The lowest BCUT2D eigenvalue weighted by atomic mass is 9.80. The van der Waals surface area contributed by atoms with Crippen LogP contribution in [0.25, 0.3) is 0 Å². The van der Waals surface area contributed by atoms with Crippen LogP contribution in [0, 0.1) is 5.92 Å². The molecule has 0 radical (unpaired) electrons. The maximum atomic E-state index is 12.7. The minimum Gasteiger partial charge on any atom is -0.369 e. The molecule has 1 aliphatic carbocycles. The van der Waals surface area contributed by atoms with Crippen LogP contribution in [0.3, 0.4) is 0 Å². The quantitative estimate of drug-likeness (QED) is 0.739. The molecule has 2 aliphatic rings. The summed E-state index contributed by atoms with van der Waals surface area (Å²) in [5.74, 6) is 0.365. The highest BCUT2D eigenvalue weighted by molar-refractivity contribution is 5.98. The number of hydrogen-bond donors (Lipinski definition) is 0. The van der Waals surface area contributed by atoms with Crippen molar-refractivity contribution in [2.45, 2.75) is 77.4 Å². The van der Waals surface area contributed by atoms with Gasteiger partial charge in [-0.25, -0.2) is 0 Å². The molecule has 2 nitrogen and oxygen atoms in total. The minimum absolute atomic E-state index is 0.0249. The molecule has 0 N–H and O–H groups in total. The first kappa shape index (κ1) is 13.8. The Morgan fingerprint density at radius 3 is 2.56 bits per heavy atom. The highest BCUT2D eigenvalue weighted by Gasteiger charge is 2.49. The Kier molecular flexibility index (Phi) is 3.68. The van der Waals surface area contributed by atoms with Gasteiger partial charge in [0.05, 0.1) is 17.1 Å². The molecule has 1 unspecified atom stereocenters.